The molecule has 48 heavy (non-hydrogen) atoms. The fourth-order valence-corrected chi connectivity index (χ4v) is 7.33. The lowest BCUT2D eigenvalue weighted by Crippen LogP contribution is -2.54. The molecule has 0 amide bonds. The molecule has 0 radical (unpaired) electrons. The molecule has 2 aliphatic rings. The maximum atomic E-state index is 14.3. The third-order valence-corrected chi connectivity index (χ3v) is 9.74. The van der Waals surface area contributed by atoms with Crippen LogP contribution in [0.15, 0.2) is 48.8 Å². The number of rotatable bonds is 13. The topological polar surface area (TPSA) is 201 Å². The van der Waals surface area contributed by atoms with Gasteiger partial charge in [0.25, 0.3) is 0 Å². The number of nitrogens with one attached hydrogen (secondary N) is 1. The number of para-hydroxylation sites is 1. The summed E-state index contributed by atoms with van der Waals surface area (Å²) in [5.74, 6) is -1.56. The molecule has 0 bridgehead atoms. The van der Waals surface area contributed by atoms with Crippen molar-refractivity contribution in [3.63, 3.8) is 0 Å². The molecule has 3 N–H and O–H groups in total. The van der Waals surface area contributed by atoms with Crippen LogP contribution in [0.1, 0.15) is 46.2 Å². The number of ether oxygens (including phenoxy) is 5. The zero-order chi connectivity index (χ0) is 34.5. The molecule has 0 saturated carbocycles. The van der Waals surface area contributed by atoms with Crippen LogP contribution in [-0.4, -0.2) is 83.3 Å². The van der Waals surface area contributed by atoms with E-state index < -0.39 is 55.6 Å². The molecule has 1 unspecified atom stereocenters. The maximum absolute atomic E-state index is 14.3. The van der Waals surface area contributed by atoms with Crippen LogP contribution in [0.4, 0.5) is 5.82 Å². The third kappa shape index (κ3) is 7.79. The second-order valence-corrected chi connectivity index (χ2v) is 13.6. The highest BCUT2D eigenvalue weighted by Gasteiger charge is 2.64. The first-order valence-corrected chi connectivity index (χ1v) is 17.0. The zero-order valence-electron chi connectivity index (χ0n) is 27.2. The summed E-state index contributed by atoms with van der Waals surface area (Å²) in [5.41, 5.74) is 3.40. The highest BCUT2D eigenvalue weighted by atomic mass is 31.2. The van der Waals surface area contributed by atoms with Gasteiger partial charge in [-0.1, -0.05) is 18.2 Å². The van der Waals surface area contributed by atoms with E-state index in [1.54, 1.807) is 49.4 Å². The number of carbonyl (C=O) groups excluding carboxylic acids is 3. The zero-order valence-corrected chi connectivity index (χ0v) is 28.1. The van der Waals surface area contributed by atoms with Crippen molar-refractivity contribution in [3.8, 4) is 5.75 Å². The highest BCUT2D eigenvalue weighted by molar-refractivity contribution is 7.52. The number of esters is 3. The lowest BCUT2D eigenvalue weighted by molar-refractivity contribution is -0.186. The smallest absolute Gasteiger partial charge is 0.459 e. The maximum Gasteiger partial charge on any atom is 0.459 e. The number of hydrogen-bond acceptors (Lipinski definition) is 14. The Balaban J connectivity index is 1.42. The standard InChI is InChI=1S/C31H40N5O11P/c1-20(28(39)42-16-23-12-14-41-15-13-23)35-48(40,47-24-8-6-5-7-9-24)44-17-30(4)29(45-21(2)37)31(18-43-30,46-22(3)38)26-11-10-25-27(32)33-19-34-36(25)26/h5-11,19-20,23,29H,12-18H2,1-4H3,(H,35,40)(H2,32,33,34)/t20-,29+,30+,31-,48?/m0/s1. The van der Waals surface area contributed by atoms with E-state index >= 15 is 0 Å². The first kappa shape index (κ1) is 35.2. The SMILES string of the molecule is CC(=O)O[C@@H]1[C@@](C)(COP(=O)(N[C@@H](C)C(=O)OCC2CCOCC2)Oc2ccccc2)OC[C@]1(OC(C)=O)c1ccc2c(N)ncnn12. The largest absolute Gasteiger partial charge is 0.464 e. The quantitative estimate of drug-likeness (QED) is 0.151. The van der Waals surface area contributed by atoms with Gasteiger partial charge in [0, 0.05) is 27.1 Å². The number of anilines is 1. The second kappa shape index (κ2) is 14.6. The van der Waals surface area contributed by atoms with Crippen LogP contribution < -0.4 is 15.3 Å². The average Bonchev–Trinajstić information content (AvgIpc) is 3.61. The molecule has 5 rings (SSSR count). The molecule has 5 atom stereocenters. The van der Waals surface area contributed by atoms with Gasteiger partial charge in [-0.15, -0.1) is 0 Å². The van der Waals surface area contributed by atoms with Crippen molar-refractivity contribution in [3.05, 3.63) is 54.5 Å². The summed E-state index contributed by atoms with van der Waals surface area (Å²) in [5, 5.41) is 6.93. The summed E-state index contributed by atoms with van der Waals surface area (Å²) in [6.45, 7) is 5.97. The van der Waals surface area contributed by atoms with E-state index in [1.807, 2.05) is 0 Å². The lowest BCUT2D eigenvalue weighted by Gasteiger charge is -2.37. The minimum Gasteiger partial charge on any atom is -0.464 e. The Morgan fingerprint density at radius 3 is 2.54 bits per heavy atom. The van der Waals surface area contributed by atoms with Crippen LogP contribution in [-0.2, 0) is 52.8 Å². The molecular weight excluding hydrogens is 649 g/mol. The van der Waals surface area contributed by atoms with E-state index in [1.165, 1.54) is 31.6 Å². The molecule has 260 valence electrons. The number of hydrogen-bond donors (Lipinski definition) is 2. The normalized spacial score (nSPS) is 24.8. The van der Waals surface area contributed by atoms with Crippen LogP contribution in [0.3, 0.4) is 0 Å². The average molecular weight is 690 g/mol. The Labute approximate surface area is 277 Å². The van der Waals surface area contributed by atoms with Crippen molar-refractivity contribution in [1.29, 1.82) is 0 Å². The second-order valence-electron chi connectivity index (χ2n) is 11.9. The Morgan fingerprint density at radius 1 is 1.12 bits per heavy atom. The predicted molar refractivity (Wildman–Crippen MR) is 168 cm³/mol. The van der Waals surface area contributed by atoms with Crippen LogP contribution in [0.5, 0.6) is 5.75 Å². The Hall–Kier alpha value is -4.08. The summed E-state index contributed by atoms with van der Waals surface area (Å²) in [6.07, 6.45) is 1.41. The monoisotopic (exact) mass is 689 g/mol. The number of carbonyl (C=O) groups is 3. The minimum absolute atomic E-state index is 0.161. The number of aromatic nitrogens is 3. The first-order chi connectivity index (χ1) is 22.8. The van der Waals surface area contributed by atoms with E-state index in [9.17, 15) is 18.9 Å². The van der Waals surface area contributed by atoms with Crippen molar-refractivity contribution in [2.75, 3.05) is 38.8 Å². The Bertz CT molecular complexity index is 1670. The molecule has 2 aliphatic heterocycles. The summed E-state index contributed by atoms with van der Waals surface area (Å²) in [4.78, 5) is 42.1. The lowest BCUT2D eigenvalue weighted by atomic mass is 9.86. The Morgan fingerprint density at radius 2 is 1.85 bits per heavy atom. The molecule has 0 spiro atoms. The number of fused-ring (bicyclic) bond motifs is 1. The van der Waals surface area contributed by atoms with Crippen molar-refractivity contribution in [1.82, 2.24) is 19.7 Å². The molecule has 2 fully saturated rings. The molecule has 3 aromatic rings. The Kier molecular flexibility index (Phi) is 10.7. The summed E-state index contributed by atoms with van der Waals surface area (Å²) in [7, 11) is -4.38. The number of nitrogens with two attached hydrogens (primary N) is 1. The predicted octanol–water partition coefficient (Wildman–Crippen LogP) is 2.94. The van der Waals surface area contributed by atoms with Crippen molar-refractivity contribution in [2.24, 2.45) is 5.92 Å². The fraction of sp³-hybridized carbons (Fsp3) is 0.516. The van der Waals surface area contributed by atoms with Gasteiger partial charge in [-0.05, 0) is 56.9 Å². The number of nitrogen functional groups attached to an aromatic ring is 1. The van der Waals surface area contributed by atoms with Crippen molar-refractivity contribution < 1.29 is 51.7 Å². The van der Waals surface area contributed by atoms with Gasteiger partial charge in [0.2, 0.25) is 5.60 Å². The van der Waals surface area contributed by atoms with Gasteiger partial charge in [-0.2, -0.15) is 10.2 Å². The van der Waals surface area contributed by atoms with E-state index in [-0.39, 0.29) is 36.4 Å². The van der Waals surface area contributed by atoms with Gasteiger partial charge in [0.15, 0.2) is 11.9 Å². The molecule has 1 aromatic carbocycles. The van der Waals surface area contributed by atoms with E-state index in [2.05, 4.69) is 15.2 Å². The van der Waals surface area contributed by atoms with Gasteiger partial charge >= 0.3 is 25.7 Å². The van der Waals surface area contributed by atoms with Crippen LogP contribution in [0, 0.1) is 5.92 Å². The first-order valence-electron chi connectivity index (χ1n) is 15.4. The highest BCUT2D eigenvalue weighted by Crippen LogP contribution is 2.50. The fourth-order valence-electron chi connectivity index (χ4n) is 5.74. The third-order valence-electron chi connectivity index (χ3n) is 8.12. The van der Waals surface area contributed by atoms with Gasteiger partial charge in [-0.3, -0.25) is 18.9 Å². The van der Waals surface area contributed by atoms with Gasteiger partial charge < -0.3 is 33.9 Å². The van der Waals surface area contributed by atoms with Crippen LogP contribution in [0.2, 0.25) is 0 Å². The van der Waals surface area contributed by atoms with E-state index in [0.29, 0.717) is 18.7 Å². The van der Waals surface area contributed by atoms with Gasteiger partial charge in [-0.25, -0.2) is 14.1 Å². The van der Waals surface area contributed by atoms with Crippen molar-refractivity contribution in [2.45, 2.75) is 63.9 Å². The minimum atomic E-state index is -4.38. The molecule has 4 heterocycles. The molecular formula is C31H40N5O11P. The van der Waals surface area contributed by atoms with E-state index in [4.69, 9.17) is 38.5 Å². The van der Waals surface area contributed by atoms with E-state index in [0.717, 1.165) is 12.8 Å². The summed E-state index contributed by atoms with van der Waals surface area (Å²) < 4.78 is 56.3. The van der Waals surface area contributed by atoms with Crippen LogP contribution in [0.25, 0.3) is 5.52 Å². The summed E-state index contributed by atoms with van der Waals surface area (Å²) >= 11 is 0. The molecule has 17 heteroatoms. The summed E-state index contributed by atoms with van der Waals surface area (Å²) in [6, 6.07) is 10.4. The van der Waals surface area contributed by atoms with Gasteiger partial charge in [0.1, 0.15) is 29.2 Å². The van der Waals surface area contributed by atoms with Gasteiger partial charge in [0.05, 0.1) is 25.5 Å². The van der Waals surface area contributed by atoms with Crippen LogP contribution >= 0.6 is 7.75 Å². The molecule has 0 aliphatic carbocycles. The molecule has 2 saturated heterocycles. The molecule has 2 aromatic heterocycles. The number of benzene rings is 1. The number of nitrogens with zero attached hydrogens (tertiary/aromatic N) is 3. The van der Waals surface area contributed by atoms with Crippen molar-refractivity contribution >= 4 is 37.0 Å². The molecule has 16 nitrogen and oxygen atoms in total.